The molecule has 0 aliphatic carbocycles. The molecule has 0 saturated heterocycles. The van der Waals surface area contributed by atoms with Gasteiger partial charge < -0.3 is 10.1 Å². The van der Waals surface area contributed by atoms with Gasteiger partial charge in [-0.2, -0.15) is 0 Å². The topological polar surface area (TPSA) is 21.3 Å². The van der Waals surface area contributed by atoms with Gasteiger partial charge in [0.15, 0.2) is 0 Å². The van der Waals surface area contributed by atoms with Crippen molar-refractivity contribution in [3.63, 3.8) is 0 Å². The molecule has 0 amide bonds. The molecule has 1 aromatic carbocycles. The van der Waals surface area contributed by atoms with E-state index < -0.39 is 0 Å². The van der Waals surface area contributed by atoms with Crippen LogP contribution in [0.1, 0.15) is 23.7 Å². The summed E-state index contributed by atoms with van der Waals surface area (Å²) in [4.78, 5) is 0. The second-order valence-corrected chi connectivity index (χ2v) is 4.09. The van der Waals surface area contributed by atoms with Crippen LogP contribution in [0.15, 0.2) is 36.9 Å². The van der Waals surface area contributed by atoms with E-state index in [1.54, 1.807) is 0 Å². The zero-order valence-electron chi connectivity index (χ0n) is 9.61. The van der Waals surface area contributed by atoms with Crippen LogP contribution in [0.25, 0.3) is 0 Å². The van der Waals surface area contributed by atoms with Crippen LogP contribution in [0.5, 0.6) is 0 Å². The van der Waals surface area contributed by atoms with Crippen LogP contribution < -0.4 is 5.32 Å². The van der Waals surface area contributed by atoms with Gasteiger partial charge in [0.1, 0.15) is 0 Å². The Morgan fingerprint density at radius 2 is 2.31 bits per heavy atom. The fourth-order valence-electron chi connectivity index (χ4n) is 2.08. The highest BCUT2D eigenvalue weighted by Gasteiger charge is 2.19. The molecule has 86 valence electrons. The number of rotatable bonds is 5. The summed E-state index contributed by atoms with van der Waals surface area (Å²) in [6, 6.07) is 8.57. The smallest absolute Gasteiger partial charge is 0.0952 e. The molecule has 0 spiro atoms. The SMILES string of the molecule is C=CCCNCC1OCCc2ccccc21. The monoisotopic (exact) mass is 217 g/mol. The lowest BCUT2D eigenvalue weighted by atomic mass is 9.97. The third-order valence-corrected chi connectivity index (χ3v) is 2.95. The van der Waals surface area contributed by atoms with Gasteiger partial charge >= 0.3 is 0 Å². The maximum absolute atomic E-state index is 5.80. The second kappa shape index (κ2) is 5.83. The van der Waals surface area contributed by atoms with Gasteiger partial charge in [-0.1, -0.05) is 30.3 Å². The van der Waals surface area contributed by atoms with E-state index in [1.807, 2.05) is 6.08 Å². The van der Waals surface area contributed by atoms with Gasteiger partial charge in [0, 0.05) is 6.54 Å². The number of benzene rings is 1. The molecule has 1 N–H and O–H groups in total. The van der Waals surface area contributed by atoms with Crippen molar-refractivity contribution >= 4 is 0 Å². The lowest BCUT2D eigenvalue weighted by Crippen LogP contribution is -2.27. The first-order chi connectivity index (χ1) is 7.92. The fraction of sp³-hybridized carbons (Fsp3) is 0.429. The van der Waals surface area contributed by atoms with Gasteiger partial charge in [-0.3, -0.25) is 0 Å². The van der Waals surface area contributed by atoms with Crippen molar-refractivity contribution in [2.45, 2.75) is 18.9 Å². The predicted molar refractivity (Wildman–Crippen MR) is 66.5 cm³/mol. The third kappa shape index (κ3) is 2.71. The standard InChI is InChI=1S/C14H19NO/c1-2-3-9-15-11-14-13-7-5-4-6-12(13)8-10-16-14/h2,4-7,14-15H,1,3,8-11H2. The summed E-state index contributed by atoms with van der Waals surface area (Å²) in [5.74, 6) is 0. The Morgan fingerprint density at radius 3 is 3.19 bits per heavy atom. The molecule has 1 aromatic rings. The first kappa shape index (κ1) is 11.4. The number of hydrogen-bond donors (Lipinski definition) is 1. The Morgan fingerprint density at radius 1 is 1.44 bits per heavy atom. The van der Waals surface area contributed by atoms with Crippen LogP contribution in [0, 0.1) is 0 Å². The summed E-state index contributed by atoms with van der Waals surface area (Å²) in [6.07, 6.45) is 4.20. The van der Waals surface area contributed by atoms with E-state index in [2.05, 4.69) is 36.2 Å². The number of fused-ring (bicyclic) bond motifs is 1. The van der Waals surface area contributed by atoms with E-state index in [1.165, 1.54) is 11.1 Å². The van der Waals surface area contributed by atoms with Crippen molar-refractivity contribution < 1.29 is 4.74 Å². The first-order valence-corrected chi connectivity index (χ1v) is 5.93. The van der Waals surface area contributed by atoms with Crippen LogP contribution >= 0.6 is 0 Å². The van der Waals surface area contributed by atoms with Crippen molar-refractivity contribution in [3.8, 4) is 0 Å². The maximum Gasteiger partial charge on any atom is 0.0952 e. The summed E-state index contributed by atoms with van der Waals surface area (Å²) in [5.41, 5.74) is 2.78. The average molecular weight is 217 g/mol. The zero-order valence-corrected chi connectivity index (χ0v) is 9.61. The van der Waals surface area contributed by atoms with Gasteiger partial charge in [-0.05, 0) is 30.5 Å². The van der Waals surface area contributed by atoms with Crippen molar-refractivity contribution in [2.75, 3.05) is 19.7 Å². The van der Waals surface area contributed by atoms with Crippen LogP contribution in [0.2, 0.25) is 0 Å². The van der Waals surface area contributed by atoms with Gasteiger partial charge in [-0.25, -0.2) is 0 Å². The van der Waals surface area contributed by atoms with E-state index in [4.69, 9.17) is 4.74 Å². The van der Waals surface area contributed by atoms with Crippen molar-refractivity contribution in [3.05, 3.63) is 48.0 Å². The Balaban J connectivity index is 1.93. The van der Waals surface area contributed by atoms with Crippen LogP contribution in [0.3, 0.4) is 0 Å². The Labute approximate surface area is 97.3 Å². The molecule has 0 bridgehead atoms. The van der Waals surface area contributed by atoms with Gasteiger partial charge in [-0.15, -0.1) is 6.58 Å². The highest BCUT2D eigenvalue weighted by Crippen LogP contribution is 2.25. The van der Waals surface area contributed by atoms with Crippen LogP contribution in [0.4, 0.5) is 0 Å². The number of nitrogens with one attached hydrogen (secondary N) is 1. The molecule has 1 heterocycles. The average Bonchev–Trinajstić information content (AvgIpc) is 2.35. The molecule has 1 unspecified atom stereocenters. The van der Waals surface area contributed by atoms with E-state index in [0.29, 0.717) is 0 Å². The van der Waals surface area contributed by atoms with E-state index in [9.17, 15) is 0 Å². The molecule has 1 atom stereocenters. The minimum Gasteiger partial charge on any atom is -0.372 e. The normalized spacial score (nSPS) is 19.1. The molecule has 0 saturated carbocycles. The minimum atomic E-state index is 0.217. The summed E-state index contributed by atoms with van der Waals surface area (Å²) >= 11 is 0. The van der Waals surface area contributed by atoms with E-state index in [0.717, 1.165) is 32.5 Å². The summed E-state index contributed by atoms with van der Waals surface area (Å²) in [6.45, 7) is 6.42. The third-order valence-electron chi connectivity index (χ3n) is 2.95. The number of ether oxygens (including phenoxy) is 1. The molecule has 16 heavy (non-hydrogen) atoms. The molecule has 0 radical (unpaired) electrons. The van der Waals surface area contributed by atoms with Gasteiger partial charge in [0.25, 0.3) is 0 Å². The summed E-state index contributed by atoms with van der Waals surface area (Å²) in [7, 11) is 0. The van der Waals surface area contributed by atoms with Gasteiger partial charge in [0.2, 0.25) is 0 Å². The zero-order chi connectivity index (χ0) is 11.2. The predicted octanol–water partition coefficient (Wildman–Crippen LogP) is 2.47. The summed E-state index contributed by atoms with van der Waals surface area (Å²) < 4.78 is 5.80. The molecule has 0 fully saturated rings. The number of hydrogen-bond acceptors (Lipinski definition) is 2. The van der Waals surface area contributed by atoms with Crippen LogP contribution in [-0.2, 0) is 11.2 Å². The molecular weight excluding hydrogens is 198 g/mol. The maximum atomic E-state index is 5.80. The Kier molecular flexibility index (Phi) is 4.14. The second-order valence-electron chi connectivity index (χ2n) is 4.09. The molecule has 2 heteroatoms. The largest absolute Gasteiger partial charge is 0.372 e. The van der Waals surface area contributed by atoms with Gasteiger partial charge in [0.05, 0.1) is 12.7 Å². The van der Waals surface area contributed by atoms with E-state index >= 15 is 0 Å². The van der Waals surface area contributed by atoms with Crippen molar-refractivity contribution in [1.82, 2.24) is 5.32 Å². The lowest BCUT2D eigenvalue weighted by Gasteiger charge is -2.26. The highest BCUT2D eigenvalue weighted by molar-refractivity contribution is 5.31. The first-order valence-electron chi connectivity index (χ1n) is 5.93. The highest BCUT2D eigenvalue weighted by atomic mass is 16.5. The van der Waals surface area contributed by atoms with Crippen LogP contribution in [-0.4, -0.2) is 19.7 Å². The Bertz CT molecular complexity index is 348. The fourth-order valence-corrected chi connectivity index (χ4v) is 2.08. The molecule has 1 aliphatic heterocycles. The quantitative estimate of drug-likeness (QED) is 0.604. The minimum absolute atomic E-state index is 0.217. The molecule has 1 aliphatic rings. The van der Waals surface area contributed by atoms with E-state index in [-0.39, 0.29) is 6.10 Å². The molecular formula is C14H19NO. The summed E-state index contributed by atoms with van der Waals surface area (Å²) in [5, 5.41) is 3.40. The van der Waals surface area contributed by atoms with Crippen molar-refractivity contribution in [1.29, 1.82) is 0 Å². The Hall–Kier alpha value is -1.12. The lowest BCUT2D eigenvalue weighted by molar-refractivity contribution is 0.0427. The molecule has 0 aromatic heterocycles. The molecule has 2 rings (SSSR count). The van der Waals surface area contributed by atoms with Crippen molar-refractivity contribution in [2.24, 2.45) is 0 Å². The molecule has 2 nitrogen and oxygen atoms in total.